The van der Waals surface area contributed by atoms with Gasteiger partial charge in [-0.05, 0) is 46.9 Å². The lowest BCUT2D eigenvalue weighted by molar-refractivity contribution is -0.146. The number of methoxy groups -OCH3 is 1. The number of carbonyl (C=O) groups excluding carboxylic acids is 4. The number of H-pyrrole nitrogens is 2. The smallest absolute Gasteiger partial charge is 0.407 e. The van der Waals surface area contributed by atoms with E-state index >= 15 is 0 Å². The van der Waals surface area contributed by atoms with E-state index in [1.54, 1.807) is 22.2 Å². The lowest BCUT2D eigenvalue weighted by Gasteiger charge is -2.33. The van der Waals surface area contributed by atoms with E-state index in [0.717, 1.165) is 52.3 Å². The molecule has 0 aliphatic carbocycles. The van der Waals surface area contributed by atoms with Gasteiger partial charge in [-0.1, -0.05) is 76.2 Å². The fraction of sp³-hybridized carbons (Fsp3) is 0.405. The van der Waals surface area contributed by atoms with Gasteiger partial charge in [0.2, 0.25) is 17.7 Å². The topological polar surface area (TPSA) is 165 Å². The summed E-state index contributed by atoms with van der Waals surface area (Å²) in [6.07, 6.45) is 4.55. The van der Waals surface area contributed by atoms with Crippen molar-refractivity contribution in [2.75, 3.05) is 20.2 Å². The molecule has 262 valence electrons. The van der Waals surface area contributed by atoms with E-state index in [1.807, 2.05) is 52.0 Å². The summed E-state index contributed by atoms with van der Waals surface area (Å²) in [6.45, 7) is 8.48. The molecule has 4 amide bonds. The zero-order chi connectivity index (χ0) is 35.5. The molecule has 2 aromatic heterocycles. The molecule has 4 aromatic rings. The number of aromatic nitrogens is 4. The van der Waals surface area contributed by atoms with E-state index < -0.39 is 18.2 Å². The van der Waals surface area contributed by atoms with Crippen molar-refractivity contribution < 1.29 is 23.9 Å². The summed E-state index contributed by atoms with van der Waals surface area (Å²) >= 11 is 0. The second kappa shape index (κ2) is 14.6. The van der Waals surface area contributed by atoms with E-state index in [-0.39, 0.29) is 48.7 Å². The average Bonchev–Trinajstić information content (AvgIpc) is 3.90. The molecule has 0 spiro atoms. The molecule has 2 aliphatic rings. The third-order valence-corrected chi connectivity index (χ3v) is 9.43. The number of carbonyl (C=O) groups is 4. The van der Waals surface area contributed by atoms with Gasteiger partial charge in [0.05, 0.1) is 43.5 Å². The number of nitrogens with one attached hydrogen (secondary N) is 4. The summed E-state index contributed by atoms with van der Waals surface area (Å²) in [6, 6.07) is 14.9. The zero-order valence-electron chi connectivity index (χ0n) is 29.0. The fourth-order valence-corrected chi connectivity index (χ4v) is 6.61. The number of aromatic amines is 2. The van der Waals surface area contributed by atoms with Crippen LogP contribution in [0.1, 0.15) is 58.2 Å². The van der Waals surface area contributed by atoms with Crippen LogP contribution in [-0.2, 0) is 25.7 Å². The quantitative estimate of drug-likeness (QED) is 0.189. The van der Waals surface area contributed by atoms with Crippen molar-refractivity contribution in [1.29, 1.82) is 0 Å². The Balaban J connectivity index is 1.10. The zero-order valence-corrected chi connectivity index (χ0v) is 29.0. The van der Waals surface area contributed by atoms with Crippen molar-refractivity contribution in [2.24, 2.45) is 11.8 Å². The summed E-state index contributed by atoms with van der Waals surface area (Å²) < 4.78 is 4.74. The highest BCUT2D eigenvalue weighted by molar-refractivity contribution is 5.95. The number of amides is 4. The molecule has 50 heavy (non-hydrogen) atoms. The van der Waals surface area contributed by atoms with E-state index in [2.05, 4.69) is 54.8 Å². The fourth-order valence-electron chi connectivity index (χ4n) is 6.61. The number of imidazole rings is 2. The maximum Gasteiger partial charge on any atom is 0.407 e. The van der Waals surface area contributed by atoms with Crippen LogP contribution in [0.5, 0.6) is 0 Å². The van der Waals surface area contributed by atoms with Crippen molar-refractivity contribution >= 4 is 23.8 Å². The molecule has 3 unspecified atom stereocenters. The molecular weight excluding hydrogens is 636 g/mol. The van der Waals surface area contributed by atoms with Gasteiger partial charge >= 0.3 is 6.09 Å². The largest absolute Gasteiger partial charge is 0.453 e. The van der Waals surface area contributed by atoms with Gasteiger partial charge in [-0.2, -0.15) is 0 Å². The Morgan fingerprint density at radius 2 is 1.50 bits per heavy atom. The van der Waals surface area contributed by atoms with Gasteiger partial charge in [0, 0.05) is 6.54 Å². The highest BCUT2D eigenvalue weighted by atomic mass is 16.5. The van der Waals surface area contributed by atoms with Crippen LogP contribution in [-0.4, -0.2) is 85.8 Å². The second-order valence-corrected chi connectivity index (χ2v) is 13.6. The number of rotatable bonds is 10. The van der Waals surface area contributed by atoms with Crippen molar-refractivity contribution in [3.8, 4) is 33.6 Å². The van der Waals surface area contributed by atoms with Gasteiger partial charge in [0.15, 0.2) is 0 Å². The molecule has 6 rings (SSSR count). The predicted molar refractivity (Wildman–Crippen MR) is 187 cm³/mol. The van der Waals surface area contributed by atoms with Gasteiger partial charge in [-0.15, -0.1) is 0 Å². The Bertz CT molecular complexity index is 1850. The molecule has 2 fully saturated rings. The minimum atomic E-state index is -0.684. The number of likely N-dealkylation sites (tertiary alicyclic amines) is 1. The van der Waals surface area contributed by atoms with Crippen molar-refractivity contribution in [3.63, 3.8) is 0 Å². The Labute approximate surface area is 291 Å². The SMILES string of the molecule is COC(=O)NC(C(=O)N1CCCC1c1ncc(-c2ccc(-c3ccc(-c4cnc(CN5CC(=O)NC(C(C)C)C5=O)[nH]4)cc3)cc2)[nH]1)C(C)C. The normalized spacial score (nSPS) is 18.5. The summed E-state index contributed by atoms with van der Waals surface area (Å²) in [5.41, 5.74) is 5.72. The highest BCUT2D eigenvalue weighted by Gasteiger charge is 2.38. The van der Waals surface area contributed by atoms with Crippen LogP contribution in [0, 0.1) is 11.8 Å². The Morgan fingerprint density at radius 3 is 2.10 bits per heavy atom. The monoisotopic (exact) mass is 680 g/mol. The number of hydrogen-bond donors (Lipinski definition) is 4. The van der Waals surface area contributed by atoms with E-state index in [0.29, 0.717) is 12.4 Å². The minimum Gasteiger partial charge on any atom is -0.453 e. The standard InChI is InChI=1S/C37H44N8O5/c1-21(2)32-35(47)44(20-31(46)42-32)19-30-38-17-27(40-30)25-12-8-23(9-13-25)24-10-14-26(15-11-24)28-18-39-34(41-28)29-7-6-16-45(29)36(48)33(22(3)4)43-37(49)50-5/h8-15,17-18,21-22,29,32-33H,6-7,16,19-20H2,1-5H3,(H,38,40)(H,39,41)(H,42,46)(H,43,49). The first-order chi connectivity index (χ1) is 24.0. The molecular formula is C37H44N8O5. The predicted octanol–water partition coefficient (Wildman–Crippen LogP) is 4.66. The Hall–Kier alpha value is -5.46. The van der Waals surface area contributed by atoms with E-state index in [1.165, 1.54) is 7.11 Å². The number of piperazine rings is 1. The van der Waals surface area contributed by atoms with Crippen LogP contribution >= 0.6 is 0 Å². The lowest BCUT2D eigenvalue weighted by atomic mass is 10.0. The summed E-state index contributed by atoms with van der Waals surface area (Å²) in [5, 5.41) is 5.47. The second-order valence-electron chi connectivity index (χ2n) is 13.6. The first kappa shape index (κ1) is 34.4. The van der Waals surface area contributed by atoms with Gasteiger partial charge in [0.25, 0.3) is 0 Å². The average molecular weight is 681 g/mol. The number of benzene rings is 2. The van der Waals surface area contributed by atoms with Crippen LogP contribution < -0.4 is 10.6 Å². The van der Waals surface area contributed by atoms with Gasteiger partial charge in [-0.25, -0.2) is 14.8 Å². The molecule has 0 bridgehead atoms. The van der Waals surface area contributed by atoms with Crippen LogP contribution in [0.3, 0.4) is 0 Å². The molecule has 2 saturated heterocycles. The lowest BCUT2D eigenvalue weighted by Crippen LogP contribution is -2.59. The number of nitrogens with zero attached hydrogens (tertiary/aromatic N) is 4. The number of hydrogen-bond acceptors (Lipinski definition) is 7. The third kappa shape index (κ3) is 7.26. The van der Waals surface area contributed by atoms with Gasteiger partial charge in [-0.3, -0.25) is 14.4 Å². The molecule has 13 nitrogen and oxygen atoms in total. The molecule has 4 heterocycles. The van der Waals surface area contributed by atoms with Gasteiger partial charge in [0.1, 0.15) is 30.3 Å². The van der Waals surface area contributed by atoms with Crippen molar-refractivity contribution in [3.05, 3.63) is 72.6 Å². The summed E-state index contributed by atoms with van der Waals surface area (Å²) in [4.78, 5) is 69.6. The van der Waals surface area contributed by atoms with Crippen molar-refractivity contribution in [2.45, 2.75) is 65.2 Å². The molecule has 0 saturated carbocycles. The Kier molecular flexibility index (Phi) is 10.0. The first-order valence-electron chi connectivity index (χ1n) is 17.1. The number of ether oxygens (including phenoxy) is 1. The first-order valence-corrected chi connectivity index (χ1v) is 17.1. The Morgan fingerprint density at radius 1 is 0.900 bits per heavy atom. The van der Waals surface area contributed by atoms with Gasteiger partial charge < -0.3 is 35.1 Å². The minimum absolute atomic E-state index is 0.00365. The highest BCUT2D eigenvalue weighted by Crippen LogP contribution is 2.33. The molecule has 2 aromatic carbocycles. The molecule has 3 atom stereocenters. The van der Waals surface area contributed by atoms with Crippen LogP contribution in [0.2, 0.25) is 0 Å². The molecule has 2 aliphatic heterocycles. The van der Waals surface area contributed by atoms with E-state index in [9.17, 15) is 19.2 Å². The summed E-state index contributed by atoms with van der Waals surface area (Å²) in [5.74, 6) is 0.845. The van der Waals surface area contributed by atoms with Crippen LogP contribution in [0.4, 0.5) is 4.79 Å². The third-order valence-electron chi connectivity index (χ3n) is 9.43. The maximum atomic E-state index is 13.5. The van der Waals surface area contributed by atoms with Crippen LogP contribution in [0.25, 0.3) is 33.6 Å². The molecule has 13 heteroatoms. The number of alkyl carbamates (subject to hydrolysis) is 1. The van der Waals surface area contributed by atoms with Crippen molar-refractivity contribution in [1.82, 2.24) is 40.4 Å². The molecule has 0 radical (unpaired) electrons. The van der Waals surface area contributed by atoms with Crippen LogP contribution in [0.15, 0.2) is 60.9 Å². The van der Waals surface area contributed by atoms with E-state index in [4.69, 9.17) is 4.74 Å². The summed E-state index contributed by atoms with van der Waals surface area (Å²) in [7, 11) is 1.29. The molecule has 4 N–H and O–H groups in total. The maximum absolute atomic E-state index is 13.5.